The van der Waals surface area contributed by atoms with Gasteiger partial charge in [0.2, 0.25) is 11.8 Å². The zero-order valence-electron chi connectivity index (χ0n) is 11.7. The molecule has 2 atom stereocenters. The van der Waals surface area contributed by atoms with Gasteiger partial charge in [0.15, 0.2) is 5.82 Å². The molecule has 19 heavy (non-hydrogen) atoms. The fraction of sp³-hybridized carbons (Fsp3) is 0.750. The third kappa shape index (κ3) is 3.48. The van der Waals surface area contributed by atoms with Gasteiger partial charge in [-0.05, 0) is 6.92 Å². The molecule has 0 aliphatic carbocycles. The first-order valence-corrected chi connectivity index (χ1v) is 7.49. The number of rotatable bonds is 3. The van der Waals surface area contributed by atoms with Gasteiger partial charge in [0, 0.05) is 17.0 Å². The van der Waals surface area contributed by atoms with Crippen LogP contribution in [0.1, 0.15) is 45.5 Å². The molecule has 1 aliphatic rings. The highest BCUT2D eigenvalue weighted by atomic mass is 32.2. The van der Waals surface area contributed by atoms with Gasteiger partial charge in [0.1, 0.15) is 6.04 Å². The van der Waals surface area contributed by atoms with Gasteiger partial charge in [-0.1, -0.05) is 25.9 Å². The van der Waals surface area contributed by atoms with Gasteiger partial charge in [-0.2, -0.15) is 4.98 Å². The van der Waals surface area contributed by atoms with E-state index in [1.165, 1.54) is 0 Å². The molecule has 0 bridgehead atoms. The molecule has 2 rings (SSSR count). The van der Waals surface area contributed by atoms with Gasteiger partial charge < -0.3 is 9.84 Å². The summed E-state index contributed by atoms with van der Waals surface area (Å²) >= 11 is 1.72. The molecule has 0 saturated carbocycles. The summed E-state index contributed by atoms with van der Waals surface area (Å²) in [6, 6.07) is -0.402. The first kappa shape index (κ1) is 14.3. The topological polar surface area (TPSA) is 80.0 Å². The molecule has 1 aliphatic heterocycles. The van der Waals surface area contributed by atoms with Crippen molar-refractivity contribution in [2.24, 2.45) is 0 Å². The number of nitrogens with zero attached hydrogens (tertiary/aromatic N) is 2. The van der Waals surface area contributed by atoms with E-state index in [0.717, 1.165) is 11.6 Å². The van der Waals surface area contributed by atoms with Crippen molar-refractivity contribution in [3.8, 4) is 0 Å². The van der Waals surface area contributed by atoms with E-state index in [4.69, 9.17) is 4.52 Å². The Labute approximate surface area is 117 Å². The van der Waals surface area contributed by atoms with Crippen molar-refractivity contribution in [3.05, 3.63) is 11.7 Å². The minimum Gasteiger partial charge on any atom is -0.343 e. The average Bonchev–Trinajstić information content (AvgIpc) is 3.00. The van der Waals surface area contributed by atoms with Crippen LogP contribution in [0.15, 0.2) is 4.52 Å². The maximum absolute atomic E-state index is 12.0. The van der Waals surface area contributed by atoms with Crippen molar-refractivity contribution in [2.75, 3.05) is 11.6 Å². The van der Waals surface area contributed by atoms with Crippen molar-refractivity contribution in [1.82, 2.24) is 20.8 Å². The highest BCUT2D eigenvalue weighted by Gasteiger charge is 2.27. The molecule has 7 heteroatoms. The Morgan fingerprint density at radius 2 is 2.32 bits per heavy atom. The molecule has 0 spiro atoms. The Kier molecular flexibility index (Phi) is 4.15. The third-order valence-corrected chi connectivity index (χ3v) is 3.81. The molecule has 1 saturated heterocycles. The first-order chi connectivity index (χ1) is 8.88. The Bertz CT molecular complexity index is 449. The molecule has 6 nitrogen and oxygen atoms in total. The number of hydrogen-bond acceptors (Lipinski definition) is 6. The number of aromatic nitrogens is 2. The number of thioether (sulfide) groups is 1. The maximum Gasteiger partial charge on any atom is 0.248 e. The van der Waals surface area contributed by atoms with Gasteiger partial charge in [0.25, 0.3) is 0 Å². The van der Waals surface area contributed by atoms with Crippen molar-refractivity contribution in [1.29, 1.82) is 0 Å². The van der Waals surface area contributed by atoms with Gasteiger partial charge in [-0.25, -0.2) is 0 Å². The Balaban J connectivity index is 1.97. The Morgan fingerprint density at radius 3 is 2.84 bits per heavy atom. The minimum atomic E-state index is -0.275. The molecule has 1 aromatic rings. The lowest BCUT2D eigenvalue weighted by molar-refractivity contribution is -0.123. The van der Waals surface area contributed by atoms with Crippen LogP contribution >= 0.6 is 11.8 Å². The summed E-state index contributed by atoms with van der Waals surface area (Å²) in [5, 5.41) is 9.97. The molecular formula is C12H20N4O2S. The molecule has 1 amide bonds. The molecular weight excluding hydrogens is 264 g/mol. The van der Waals surface area contributed by atoms with Crippen LogP contribution < -0.4 is 10.6 Å². The third-order valence-electron chi connectivity index (χ3n) is 2.87. The smallest absolute Gasteiger partial charge is 0.248 e. The summed E-state index contributed by atoms with van der Waals surface area (Å²) in [5.41, 5.74) is -0.158. The van der Waals surface area contributed by atoms with Crippen LogP contribution in [0.4, 0.5) is 0 Å². The standard InChI is InChI=1S/C12H20N4O2S/c1-7(14-9(17)8-5-19-6-13-8)10-15-11(16-18-10)12(2,3)4/h7-8,13H,5-6H2,1-4H3,(H,14,17). The van der Waals surface area contributed by atoms with Crippen LogP contribution in [0.25, 0.3) is 0 Å². The second kappa shape index (κ2) is 5.50. The predicted octanol–water partition coefficient (Wildman–Crippen LogP) is 1.21. The zero-order chi connectivity index (χ0) is 14.0. The number of hydrogen-bond donors (Lipinski definition) is 2. The molecule has 0 radical (unpaired) electrons. The number of carbonyl (C=O) groups excluding carboxylic acids is 1. The summed E-state index contributed by atoms with van der Waals surface area (Å²) < 4.78 is 5.22. The summed E-state index contributed by atoms with van der Waals surface area (Å²) in [4.78, 5) is 16.3. The van der Waals surface area contributed by atoms with Gasteiger partial charge in [-0.3, -0.25) is 10.1 Å². The molecule has 1 aromatic heterocycles. The molecule has 2 unspecified atom stereocenters. The molecule has 0 aromatic carbocycles. The number of amides is 1. The Morgan fingerprint density at radius 1 is 1.58 bits per heavy atom. The highest BCUT2D eigenvalue weighted by molar-refractivity contribution is 7.99. The lowest BCUT2D eigenvalue weighted by atomic mass is 9.96. The second-order valence-corrected chi connectivity index (χ2v) is 6.74. The van der Waals surface area contributed by atoms with Crippen LogP contribution in [0.3, 0.4) is 0 Å². The van der Waals surface area contributed by atoms with Crippen molar-refractivity contribution in [3.63, 3.8) is 0 Å². The van der Waals surface area contributed by atoms with E-state index in [9.17, 15) is 4.79 Å². The van der Waals surface area contributed by atoms with Crippen LogP contribution in [0, 0.1) is 0 Å². The summed E-state index contributed by atoms with van der Waals surface area (Å²) in [7, 11) is 0. The van der Waals surface area contributed by atoms with Crippen LogP contribution in [-0.4, -0.2) is 33.7 Å². The molecule has 1 fully saturated rings. The van der Waals surface area contributed by atoms with E-state index in [2.05, 4.69) is 20.8 Å². The molecule has 106 valence electrons. The Hall–Kier alpha value is -1.08. The second-order valence-electron chi connectivity index (χ2n) is 5.71. The van der Waals surface area contributed by atoms with E-state index >= 15 is 0 Å². The number of carbonyl (C=O) groups is 1. The van der Waals surface area contributed by atoms with Gasteiger partial charge in [-0.15, -0.1) is 11.8 Å². The fourth-order valence-corrected chi connectivity index (χ4v) is 2.60. The highest BCUT2D eigenvalue weighted by Crippen LogP contribution is 2.21. The molecule has 2 heterocycles. The summed E-state index contributed by atoms with van der Waals surface area (Å²) in [6.07, 6.45) is 0. The van der Waals surface area contributed by atoms with Crippen LogP contribution in [-0.2, 0) is 10.2 Å². The largest absolute Gasteiger partial charge is 0.343 e. The van der Waals surface area contributed by atoms with E-state index in [1.54, 1.807) is 11.8 Å². The van der Waals surface area contributed by atoms with Crippen LogP contribution in [0.2, 0.25) is 0 Å². The normalized spacial score (nSPS) is 21.4. The van der Waals surface area contributed by atoms with E-state index in [-0.39, 0.29) is 23.4 Å². The van der Waals surface area contributed by atoms with E-state index in [0.29, 0.717) is 11.7 Å². The van der Waals surface area contributed by atoms with Gasteiger partial charge >= 0.3 is 0 Å². The first-order valence-electron chi connectivity index (χ1n) is 6.33. The number of nitrogens with one attached hydrogen (secondary N) is 2. The van der Waals surface area contributed by atoms with Crippen LogP contribution in [0.5, 0.6) is 0 Å². The van der Waals surface area contributed by atoms with Crippen molar-refractivity contribution < 1.29 is 9.32 Å². The maximum atomic E-state index is 12.0. The SMILES string of the molecule is CC(NC(=O)C1CSCN1)c1nc(C(C)(C)C)no1. The lowest BCUT2D eigenvalue weighted by Gasteiger charge is -2.14. The fourth-order valence-electron chi connectivity index (χ4n) is 1.66. The van der Waals surface area contributed by atoms with Gasteiger partial charge in [0.05, 0.1) is 6.04 Å². The van der Waals surface area contributed by atoms with E-state index < -0.39 is 0 Å². The van der Waals surface area contributed by atoms with E-state index in [1.807, 2.05) is 27.7 Å². The van der Waals surface area contributed by atoms with Crippen molar-refractivity contribution >= 4 is 17.7 Å². The predicted molar refractivity (Wildman–Crippen MR) is 73.8 cm³/mol. The zero-order valence-corrected chi connectivity index (χ0v) is 12.5. The lowest BCUT2D eigenvalue weighted by Crippen LogP contribution is -2.43. The monoisotopic (exact) mass is 284 g/mol. The van der Waals surface area contributed by atoms with Crippen molar-refractivity contribution in [2.45, 2.75) is 45.2 Å². The average molecular weight is 284 g/mol. The summed E-state index contributed by atoms with van der Waals surface area (Å²) in [5.74, 6) is 2.70. The summed E-state index contributed by atoms with van der Waals surface area (Å²) in [6.45, 7) is 7.90. The minimum absolute atomic E-state index is 0.0204. The quantitative estimate of drug-likeness (QED) is 0.868. The molecule has 2 N–H and O–H groups in total.